The molecule has 0 fully saturated rings. The second kappa shape index (κ2) is 17.8. The third-order valence-electron chi connectivity index (χ3n) is 7.67. The molecule has 38 heavy (non-hydrogen) atoms. The quantitative estimate of drug-likeness (QED) is 0.110. The maximum absolute atomic E-state index is 6.93. The molecule has 0 radical (unpaired) electrons. The number of hydrogen-bond donors (Lipinski definition) is 0. The van der Waals surface area contributed by atoms with E-state index in [0.29, 0.717) is 0 Å². The summed E-state index contributed by atoms with van der Waals surface area (Å²) in [5.74, 6) is 0.857. The normalized spacial score (nSPS) is 11.5. The second-order valence-electron chi connectivity index (χ2n) is 10.6. The van der Waals surface area contributed by atoms with E-state index in [0.717, 1.165) is 35.5 Å². The van der Waals surface area contributed by atoms with Gasteiger partial charge >= 0.3 is 0 Å². The van der Waals surface area contributed by atoms with Crippen LogP contribution in [0.25, 0.3) is 0 Å². The fourth-order valence-corrected chi connectivity index (χ4v) is 5.44. The molecule has 0 amide bonds. The van der Waals surface area contributed by atoms with Crippen LogP contribution in [0.4, 0.5) is 0 Å². The first-order valence-electron chi connectivity index (χ1n) is 15.2. The average molecular weight is 515 g/mol. The Morgan fingerprint density at radius 3 is 1.29 bits per heavy atom. The van der Waals surface area contributed by atoms with Crippen LogP contribution in [-0.2, 0) is 10.3 Å². The summed E-state index contributed by atoms with van der Waals surface area (Å²) in [6.45, 7) is 3.02. The lowest BCUT2D eigenvalue weighted by Gasteiger charge is -2.36. The lowest BCUT2D eigenvalue weighted by molar-refractivity contribution is 0.0106. The number of ether oxygens (including phenoxy) is 2. The monoisotopic (exact) mass is 514 g/mol. The van der Waals surface area contributed by atoms with Gasteiger partial charge in [0.1, 0.15) is 11.4 Å². The van der Waals surface area contributed by atoms with E-state index in [1.54, 1.807) is 7.11 Å². The van der Waals surface area contributed by atoms with Crippen molar-refractivity contribution in [3.63, 3.8) is 0 Å². The summed E-state index contributed by atoms with van der Waals surface area (Å²) in [6.07, 6.45) is 19.0. The molecule has 0 aliphatic heterocycles. The van der Waals surface area contributed by atoms with Crippen molar-refractivity contribution in [1.82, 2.24) is 0 Å². The van der Waals surface area contributed by atoms with E-state index >= 15 is 0 Å². The van der Waals surface area contributed by atoms with Crippen LogP contribution in [-0.4, -0.2) is 13.7 Å². The van der Waals surface area contributed by atoms with E-state index in [1.165, 1.54) is 83.5 Å². The molecule has 0 aliphatic rings. The summed E-state index contributed by atoms with van der Waals surface area (Å²) in [5.41, 5.74) is 2.79. The summed E-state index contributed by atoms with van der Waals surface area (Å²) in [7, 11) is 1.71. The molecule has 3 aromatic rings. The lowest BCUT2D eigenvalue weighted by atomic mass is 9.80. The molecule has 0 saturated heterocycles. The minimum absolute atomic E-state index is 0.647. The smallest absolute Gasteiger partial charge is 0.143 e. The van der Waals surface area contributed by atoms with E-state index in [2.05, 4.69) is 79.7 Å². The van der Waals surface area contributed by atoms with Gasteiger partial charge in [0.15, 0.2) is 0 Å². The minimum atomic E-state index is -0.647. The number of benzene rings is 3. The van der Waals surface area contributed by atoms with Gasteiger partial charge in [0.2, 0.25) is 0 Å². The van der Waals surface area contributed by atoms with Crippen molar-refractivity contribution < 1.29 is 9.47 Å². The Kier molecular flexibility index (Phi) is 14.1. The third-order valence-corrected chi connectivity index (χ3v) is 7.67. The largest absolute Gasteiger partial charge is 0.497 e. The highest BCUT2D eigenvalue weighted by Gasteiger charge is 2.37. The maximum atomic E-state index is 6.93. The zero-order chi connectivity index (χ0) is 26.7. The van der Waals surface area contributed by atoms with E-state index < -0.39 is 5.60 Å². The predicted octanol–water partition coefficient (Wildman–Crippen LogP) is 10.5. The van der Waals surface area contributed by atoms with Crippen molar-refractivity contribution in [1.29, 1.82) is 0 Å². The average Bonchev–Trinajstić information content (AvgIpc) is 2.98. The van der Waals surface area contributed by atoms with Gasteiger partial charge in [-0.15, -0.1) is 0 Å². The van der Waals surface area contributed by atoms with Crippen molar-refractivity contribution >= 4 is 0 Å². The molecule has 0 saturated carbocycles. The zero-order valence-electron chi connectivity index (χ0n) is 24.0. The summed E-state index contributed by atoms with van der Waals surface area (Å²) < 4.78 is 12.4. The van der Waals surface area contributed by atoms with Crippen LogP contribution in [0.2, 0.25) is 0 Å². The summed E-state index contributed by atoms with van der Waals surface area (Å²) in [6, 6.07) is 29.6. The van der Waals surface area contributed by atoms with Crippen molar-refractivity contribution in [2.24, 2.45) is 0 Å². The number of unbranched alkanes of at least 4 members (excludes halogenated alkanes) is 13. The lowest BCUT2D eigenvalue weighted by Crippen LogP contribution is -2.33. The Hall–Kier alpha value is -2.58. The SMILES string of the molecule is CCCCCCCCCCCCCCCCOC(c1ccccc1)(c1ccccc1)c1ccc(OC)cc1. The molecular weight excluding hydrogens is 464 g/mol. The summed E-state index contributed by atoms with van der Waals surface area (Å²) in [5, 5.41) is 0. The molecule has 0 aliphatic carbocycles. The van der Waals surface area contributed by atoms with E-state index in [-0.39, 0.29) is 0 Å². The van der Waals surface area contributed by atoms with Crippen molar-refractivity contribution in [3.05, 3.63) is 102 Å². The topological polar surface area (TPSA) is 18.5 Å². The van der Waals surface area contributed by atoms with Gasteiger partial charge in [-0.1, -0.05) is 163 Å². The maximum Gasteiger partial charge on any atom is 0.143 e. The highest BCUT2D eigenvalue weighted by atomic mass is 16.5. The van der Waals surface area contributed by atoms with Gasteiger partial charge in [-0.25, -0.2) is 0 Å². The molecule has 2 heteroatoms. The van der Waals surface area contributed by atoms with Crippen molar-refractivity contribution in [3.8, 4) is 5.75 Å². The van der Waals surface area contributed by atoms with Crippen LogP contribution in [0.5, 0.6) is 5.75 Å². The van der Waals surface area contributed by atoms with E-state index in [4.69, 9.17) is 9.47 Å². The zero-order valence-corrected chi connectivity index (χ0v) is 24.0. The molecule has 3 aromatic carbocycles. The van der Waals surface area contributed by atoms with Crippen LogP contribution >= 0.6 is 0 Å². The van der Waals surface area contributed by atoms with Gasteiger partial charge in [-0.3, -0.25) is 0 Å². The summed E-state index contributed by atoms with van der Waals surface area (Å²) >= 11 is 0. The van der Waals surface area contributed by atoms with Gasteiger partial charge in [0.05, 0.1) is 7.11 Å². The van der Waals surface area contributed by atoms with Crippen LogP contribution < -0.4 is 4.74 Å². The minimum Gasteiger partial charge on any atom is -0.497 e. The van der Waals surface area contributed by atoms with Gasteiger partial charge in [-0.2, -0.15) is 0 Å². The Labute approximate surface area is 232 Å². The standard InChI is InChI=1S/C36H50O2/c1-3-4-5-6-7-8-9-10-11-12-13-14-15-22-31-38-36(32-23-18-16-19-24-32,33-25-20-17-21-26-33)34-27-29-35(37-2)30-28-34/h16-21,23-30H,3-15,22,31H2,1-2H3. The molecule has 0 aromatic heterocycles. The van der Waals surface area contributed by atoms with Crippen LogP contribution in [0.1, 0.15) is 114 Å². The molecule has 3 rings (SSSR count). The van der Waals surface area contributed by atoms with Gasteiger partial charge in [0.25, 0.3) is 0 Å². The Morgan fingerprint density at radius 2 is 0.868 bits per heavy atom. The Balaban J connectivity index is 1.51. The van der Waals surface area contributed by atoms with Crippen molar-refractivity contribution in [2.75, 3.05) is 13.7 Å². The number of methoxy groups -OCH3 is 1. The molecular formula is C36H50O2. The first-order valence-corrected chi connectivity index (χ1v) is 15.2. The van der Waals surface area contributed by atoms with Crippen LogP contribution in [0, 0.1) is 0 Å². The number of hydrogen-bond acceptors (Lipinski definition) is 2. The van der Waals surface area contributed by atoms with Crippen LogP contribution in [0.15, 0.2) is 84.9 Å². The molecule has 0 N–H and O–H groups in total. The van der Waals surface area contributed by atoms with E-state index in [1.807, 2.05) is 12.1 Å². The number of rotatable bonds is 20. The molecule has 0 spiro atoms. The highest BCUT2D eigenvalue weighted by molar-refractivity contribution is 5.48. The molecule has 0 unspecified atom stereocenters. The van der Waals surface area contributed by atoms with Crippen molar-refractivity contribution in [2.45, 2.75) is 102 Å². The van der Waals surface area contributed by atoms with E-state index in [9.17, 15) is 0 Å². The molecule has 0 atom stereocenters. The van der Waals surface area contributed by atoms with Crippen LogP contribution in [0.3, 0.4) is 0 Å². The molecule has 0 bridgehead atoms. The fraction of sp³-hybridized carbons (Fsp3) is 0.500. The predicted molar refractivity (Wildman–Crippen MR) is 162 cm³/mol. The third kappa shape index (κ3) is 9.31. The molecule has 0 heterocycles. The first-order chi connectivity index (χ1) is 18.8. The summed E-state index contributed by atoms with van der Waals surface area (Å²) in [4.78, 5) is 0. The highest BCUT2D eigenvalue weighted by Crippen LogP contribution is 2.41. The second-order valence-corrected chi connectivity index (χ2v) is 10.6. The molecule has 2 nitrogen and oxygen atoms in total. The fourth-order valence-electron chi connectivity index (χ4n) is 5.44. The van der Waals surface area contributed by atoms with Gasteiger partial charge in [-0.05, 0) is 35.2 Å². The molecule has 206 valence electrons. The van der Waals surface area contributed by atoms with Gasteiger partial charge in [0, 0.05) is 6.61 Å². The van der Waals surface area contributed by atoms with Gasteiger partial charge < -0.3 is 9.47 Å². The Bertz CT molecular complexity index is 926. The Morgan fingerprint density at radius 1 is 0.474 bits per heavy atom. The first kappa shape index (κ1) is 30.0.